The van der Waals surface area contributed by atoms with Crippen LogP contribution in [0, 0.1) is 0 Å². The van der Waals surface area contributed by atoms with E-state index in [-0.39, 0.29) is 0 Å². The summed E-state index contributed by atoms with van der Waals surface area (Å²) in [6, 6.07) is 83.8. The first kappa shape index (κ1) is 36.5. The number of para-hydroxylation sites is 4. The van der Waals surface area contributed by atoms with Crippen molar-refractivity contribution in [3.05, 3.63) is 237 Å². The van der Waals surface area contributed by atoms with Crippen LogP contribution in [0.15, 0.2) is 245 Å². The predicted molar refractivity (Wildman–Crippen MR) is 263 cm³/mol. The third-order valence-corrected chi connectivity index (χ3v) is 12.3. The lowest BCUT2D eigenvalue weighted by atomic mass is 9.80. The van der Waals surface area contributed by atoms with Gasteiger partial charge in [0.1, 0.15) is 22.3 Å². The van der Waals surface area contributed by atoms with Crippen molar-refractivity contribution in [3.8, 4) is 55.6 Å². The lowest BCUT2D eigenvalue weighted by Gasteiger charge is -2.27. The van der Waals surface area contributed by atoms with Gasteiger partial charge < -0.3 is 13.7 Å². The minimum Gasteiger partial charge on any atom is -0.456 e. The Morgan fingerprint density at radius 3 is 1.44 bits per heavy atom. The zero-order valence-electron chi connectivity index (χ0n) is 34.3. The van der Waals surface area contributed by atoms with Crippen molar-refractivity contribution in [3.63, 3.8) is 0 Å². The summed E-state index contributed by atoms with van der Waals surface area (Å²) in [5.41, 5.74) is 17.5. The maximum absolute atomic E-state index is 7.54. The number of furan rings is 2. The van der Waals surface area contributed by atoms with E-state index in [2.05, 4.69) is 229 Å². The Kier molecular flexibility index (Phi) is 8.83. The van der Waals surface area contributed by atoms with Gasteiger partial charge in [-0.3, -0.25) is 0 Å². The number of nitrogens with zero attached hydrogens (tertiary/aromatic N) is 1. The summed E-state index contributed by atoms with van der Waals surface area (Å²) in [6.45, 7) is 0. The van der Waals surface area contributed by atoms with Crippen LogP contribution in [-0.4, -0.2) is 0 Å². The Labute approximate surface area is 365 Å². The van der Waals surface area contributed by atoms with Crippen LogP contribution < -0.4 is 4.90 Å². The van der Waals surface area contributed by atoms with Gasteiger partial charge in [-0.05, 0) is 64.2 Å². The summed E-state index contributed by atoms with van der Waals surface area (Å²) in [7, 11) is 0. The largest absolute Gasteiger partial charge is 0.456 e. The van der Waals surface area contributed by atoms with Gasteiger partial charge in [-0.15, -0.1) is 0 Å². The molecule has 63 heavy (non-hydrogen) atoms. The van der Waals surface area contributed by atoms with Crippen LogP contribution >= 0.6 is 0 Å². The van der Waals surface area contributed by atoms with Crippen LogP contribution in [0.1, 0.15) is 0 Å². The fourth-order valence-corrected chi connectivity index (χ4v) is 9.56. The van der Waals surface area contributed by atoms with Gasteiger partial charge in [-0.1, -0.05) is 194 Å². The fraction of sp³-hybridized carbons (Fsp3) is 0. The minimum absolute atomic E-state index is 0.833. The van der Waals surface area contributed by atoms with Gasteiger partial charge in [0.2, 0.25) is 0 Å². The number of anilines is 3. The number of benzene rings is 10. The lowest BCUT2D eigenvalue weighted by Crippen LogP contribution is -2.11. The molecule has 296 valence electrons. The second kappa shape index (κ2) is 15.3. The molecule has 3 nitrogen and oxygen atoms in total. The van der Waals surface area contributed by atoms with Gasteiger partial charge in [-0.25, -0.2) is 0 Å². The van der Waals surface area contributed by atoms with Crippen molar-refractivity contribution in [2.24, 2.45) is 0 Å². The SMILES string of the molecule is c1ccc(-c2c(-c3ccccc3)c(-c3ccccc3)c3c(oc4c(-c5ccccc5N(c5ccccc5)c5ccc6c(c5)oc5ccccc56)cccc43)c2-c2ccccc2)cc1. The van der Waals surface area contributed by atoms with E-state index in [9.17, 15) is 0 Å². The van der Waals surface area contributed by atoms with Crippen LogP contribution in [0.5, 0.6) is 0 Å². The first-order chi connectivity index (χ1) is 31.3. The number of hydrogen-bond donors (Lipinski definition) is 0. The van der Waals surface area contributed by atoms with Crippen LogP contribution in [0.4, 0.5) is 17.1 Å². The van der Waals surface area contributed by atoms with Crippen molar-refractivity contribution < 1.29 is 8.83 Å². The molecule has 0 fully saturated rings. The van der Waals surface area contributed by atoms with Gasteiger partial charge in [-0.2, -0.15) is 0 Å². The zero-order valence-corrected chi connectivity index (χ0v) is 34.3. The van der Waals surface area contributed by atoms with Gasteiger partial charge >= 0.3 is 0 Å². The van der Waals surface area contributed by atoms with E-state index in [0.29, 0.717) is 0 Å². The summed E-state index contributed by atoms with van der Waals surface area (Å²) in [4.78, 5) is 2.33. The number of rotatable bonds is 8. The van der Waals surface area contributed by atoms with E-state index in [0.717, 1.165) is 111 Å². The Morgan fingerprint density at radius 1 is 0.286 bits per heavy atom. The molecule has 2 aromatic heterocycles. The molecule has 0 aliphatic carbocycles. The van der Waals surface area contributed by atoms with Crippen LogP contribution in [0.2, 0.25) is 0 Å². The van der Waals surface area contributed by atoms with Crippen LogP contribution in [-0.2, 0) is 0 Å². The van der Waals surface area contributed by atoms with Crippen LogP contribution in [0.25, 0.3) is 99.5 Å². The first-order valence-corrected chi connectivity index (χ1v) is 21.4. The van der Waals surface area contributed by atoms with E-state index in [1.165, 1.54) is 5.56 Å². The molecule has 12 rings (SSSR count). The highest BCUT2D eigenvalue weighted by atomic mass is 16.3. The molecule has 0 unspecified atom stereocenters. The monoisotopic (exact) mass is 805 g/mol. The molecule has 0 bridgehead atoms. The van der Waals surface area contributed by atoms with E-state index < -0.39 is 0 Å². The molecule has 2 heterocycles. The molecule has 0 spiro atoms. The Morgan fingerprint density at radius 2 is 0.778 bits per heavy atom. The molecule has 0 saturated carbocycles. The molecule has 0 saturated heterocycles. The van der Waals surface area contributed by atoms with Gasteiger partial charge in [0, 0.05) is 66.8 Å². The van der Waals surface area contributed by atoms with Crippen molar-refractivity contribution >= 4 is 60.9 Å². The third-order valence-electron chi connectivity index (χ3n) is 12.3. The van der Waals surface area contributed by atoms with E-state index >= 15 is 0 Å². The summed E-state index contributed by atoms with van der Waals surface area (Å²) in [5, 5.41) is 4.34. The van der Waals surface area contributed by atoms with Crippen molar-refractivity contribution in [1.82, 2.24) is 0 Å². The average molecular weight is 806 g/mol. The van der Waals surface area contributed by atoms with Crippen molar-refractivity contribution in [2.75, 3.05) is 4.90 Å². The molecular formula is C60H39NO2. The molecule has 0 aliphatic rings. The standard InChI is InChI=1S/C60H39NO2/c1-6-21-40(22-7-1)54-55(41-23-8-2-9-24-41)57(43-27-12-4-13-28-43)60-58(56(54)42-25-10-3-11-26-42)50-34-20-33-49(59(50)63-60)46-31-16-18-35-51(46)61(44-29-14-5-15-30-44)45-37-38-48-47-32-17-19-36-52(47)62-53(48)39-45/h1-39H. The highest BCUT2D eigenvalue weighted by molar-refractivity contribution is 6.25. The lowest BCUT2D eigenvalue weighted by molar-refractivity contribution is 0.669. The molecule has 0 atom stereocenters. The van der Waals surface area contributed by atoms with Gasteiger partial charge in [0.15, 0.2) is 0 Å². The Balaban J connectivity index is 1.19. The molecule has 0 N–H and O–H groups in total. The molecule has 3 heteroatoms. The van der Waals surface area contributed by atoms with Gasteiger partial charge in [0.25, 0.3) is 0 Å². The predicted octanol–water partition coefficient (Wildman–Crippen LogP) is 17.3. The van der Waals surface area contributed by atoms with Crippen LogP contribution in [0.3, 0.4) is 0 Å². The first-order valence-electron chi connectivity index (χ1n) is 21.4. The minimum atomic E-state index is 0.833. The average Bonchev–Trinajstić information content (AvgIpc) is 3.93. The topological polar surface area (TPSA) is 29.5 Å². The highest BCUT2D eigenvalue weighted by Crippen LogP contribution is 2.55. The summed E-state index contributed by atoms with van der Waals surface area (Å²) in [5.74, 6) is 0. The second-order valence-electron chi connectivity index (χ2n) is 15.9. The number of hydrogen-bond acceptors (Lipinski definition) is 3. The van der Waals surface area contributed by atoms with E-state index in [1.54, 1.807) is 0 Å². The van der Waals surface area contributed by atoms with Crippen molar-refractivity contribution in [2.45, 2.75) is 0 Å². The fourth-order valence-electron chi connectivity index (χ4n) is 9.56. The van der Waals surface area contributed by atoms with E-state index in [1.807, 2.05) is 12.1 Å². The summed E-state index contributed by atoms with van der Waals surface area (Å²) >= 11 is 0. The molecule has 0 aliphatic heterocycles. The Bertz CT molecular complexity index is 3590. The maximum Gasteiger partial charge on any atom is 0.144 e. The van der Waals surface area contributed by atoms with Gasteiger partial charge in [0.05, 0.1) is 5.69 Å². The molecule has 12 aromatic rings. The molecule has 0 amide bonds. The normalized spacial score (nSPS) is 11.5. The smallest absolute Gasteiger partial charge is 0.144 e. The molecule has 10 aromatic carbocycles. The quantitative estimate of drug-likeness (QED) is 0.153. The maximum atomic E-state index is 7.54. The van der Waals surface area contributed by atoms with E-state index in [4.69, 9.17) is 8.83 Å². The summed E-state index contributed by atoms with van der Waals surface area (Å²) < 4.78 is 14.0. The molecule has 0 radical (unpaired) electrons. The summed E-state index contributed by atoms with van der Waals surface area (Å²) in [6.07, 6.45) is 0. The zero-order chi connectivity index (χ0) is 41.7. The number of fused-ring (bicyclic) bond motifs is 6. The second-order valence-corrected chi connectivity index (χ2v) is 15.9. The highest BCUT2D eigenvalue weighted by Gasteiger charge is 2.29. The third kappa shape index (κ3) is 6.13. The Hall–Kier alpha value is -8.40. The molecular weight excluding hydrogens is 767 g/mol. The van der Waals surface area contributed by atoms with Crippen molar-refractivity contribution in [1.29, 1.82) is 0 Å².